The number of nitrogens with zero attached hydrogens (tertiary/aromatic N) is 1. The summed E-state index contributed by atoms with van der Waals surface area (Å²) in [5.41, 5.74) is 0.673. The van der Waals surface area contributed by atoms with E-state index in [0.29, 0.717) is 34.3 Å². The van der Waals surface area contributed by atoms with Crippen LogP contribution in [0.3, 0.4) is 0 Å². The van der Waals surface area contributed by atoms with Crippen LogP contribution < -0.4 is 14.2 Å². The van der Waals surface area contributed by atoms with Crippen LogP contribution in [0.25, 0.3) is 6.08 Å². The van der Waals surface area contributed by atoms with Crippen LogP contribution >= 0.6 is 11.8 Å². The standard InChI is InChI=1S/C16H17NO5S/c1-9(2)7-17-15(18)14(23-16(17)19)5-10-4-12-13(22-8-21-12)6-11(10)20-3/h4-6,9H,7-8H2,1-3H3. The van der Waals surface area contributed by atoms with E-state index in [-0.39, 0.29) is 23.9 Å². The zero-order chi connectivity index (χ0) is 16.6. The van der Waals surface area contributed by atoms with Crippen molar-refractivity contribution in [3.63, 3.8) is 0 Å². The van der Waals surface area contributed by atoms with Gasteiger partial charge in [0.1, 0.15) is 5.75 Å². The van der Waals surface area contributed by atoms with E-state index in [2.05, 4.69) is 0 Å². The highest BCUT2D eigenvalue weighted by atomic mass is 32.2. The molecule has 2 amide bonds. The molecule has 3 rings (SSSR count). The molecule has 1 aromatic rings. The van der Waals surface area contributed by atoms with Gasteiger partial charge in [0, 0.05) is 18.2 Å². The van der Waals surface area contributed by atoms with E-state index in [0.717, 1.165) is 11.8 Å². The monoisotopic (exact) mass is 335 g/mol. The van der Waals surface area contributed by atoms with Gasteiger partial charge in [0.05, 0.1) is 12.0 Å². The fraction of sp³-hybridized carbons (Fsp3) is 0.375. The lowest BCUT2D eigenvalue weighted by atomic mass is 10.1. The summed E-state index contributed by atoms with van der Waals surface area (Å²) in [5.74, 6) is 1.71. The average Bonchev–Trinajstić information content (AvgIpc) is 3.06. The second-order valence-electron chi connectivity index (χ2n) is 5.63. The second-order valence-corrected chi connectivity index (χ2v) is 6.63. The second kappa shape index (κ2) is 6.16. The molecule has 6 nitrogen and oxygen atoms in total. The Hall–Kier alpha value is -2.15. The number of carbonyl (C=O) groups excluding carboxylic acids is 2. The Morgan fingerprint density at radius 2 is 2.00 bits per heavy atom. The highest BCUT2D eigenvalue weighted by Crippen LogP contribution is 2.41. The van der Waals surface area contributed by atoms with Gasteiger partial charge in [-0.25, -0.2) is 0 Å². The molecule has 0 spiro atoms. The van der Waals surface area contributed by atoms with Gasteiger partial charge in [-0.2, -0.15) is 0 Å². The number of carbonyl (C=O) groups is 2. The van der Waals surface area contributed by atoms with Gasteiger partial charge in [0.15, 0.2) is 11.5 Å². The number of fused-ring (bicyclic) bond motifs is 1. The first-order valence-corrected chi connectivity index (χ1v) is 8.04. The summed E-state index contributed by atoms with van der Waals surface area (Å²) in [6.07, 6.45) is 1.66. The minimum Gasteiger partial charge on any atom is -0.496 e. The molecule has 0 N–H and O–H groups in total. The molecule has 2 heterocycles. The lowest BCUT2D eigenvalue weighted by molar-refractivity contribution is -0.123. The van der Waals surface area contributed by atoms with Gasteiger partial charge in [-0.05, 0) is 29.8 Å². The molecule has 0 aliphatic carbocycles. The Morgan fingerprint density at radius 1 is 1.30 bits per heavy atom. The van der Waals surface area contributed by atoms with Gasteiger partial charge in [-0.15, -0.1) is 0 Å². The molecule has 0 bridgehead atoms. The molecule has 0 unspecified atom stereocenters. The molecule has 1 saturated heterocycles. The number of hydrogen-bond donors (Lipinski definition) is 0. The van der Waals surface area contributed by atoms with Crippen LogP contribution in [0.5, 0.6) is 17.2 Å². The Labute approximate surface area is 138 Å². The molecule has 0 saturated carbocycles. The Morgan fingerprint density at radius 3 is 2.65 bits per heavy atom. The lowest BCUT2D eigenvalue weighted by Crippen LogP contribution is -2.31. The fourth-order valence-electron chi connectivity index (χ4n) is 2.39. The molecule has 2 aliphatic heterocycles. The number of amides is 2. The van der Waals surface area contributed by atoms with Gasteiger partial charge < -0.3 is 14.2 Å². The van der Waals surface area contributed by atoms with E-state index in [4.69, 9.17) is 14.2 Å². The maximum atomic E-state index is 12.4. The summed E-state index contributed by atoms with van der Waals surface area (Å²) in [4.78, 5) is 26.1. The number of methoxy groups -OCH3 is 1. The summed E-state index contributed by atoms with van der Waals surface area (Å²) in [6.45, 7) is 4.51. The van der Waals surface area contributed by atoms with Crippen molar-refractivity contribution in [1.29, 1.82) is 0 Å². The highest BCUT2D eigenvalue weighted by molar-refractivity contribution is 8.18. The molecule has 0 aromatic heterocycles. The van der Waals surface area contributed by atoms with Gasteiger partial charge in [0.2, 0.25) is 6.79 Å². The van der Waals surface area contributed by atoms with E-state index < -0.39 is 0 Å². The first-order valence-electron chi connectivity index (χ1n) is 7.22. The lowest BCUT2D eigenvalue weighted by Gasteiger charge is -2.14. The fourth-order valence-corrected chi connectivity index (χ4v) is 3.23. The van der Waals surface area contributed by atoms with Gasteiger partial charge in [0.25, 0.3) is 11.1 Å². The predicted molar refractivity (Wildman–Crippen MR) is 86.6 cm³/mol. The van der Waals surface area contributed by atoms with E-state index >= 15 is 0 Å². The van der Waals surface area contributed by atoms with Crippen LogP contribution in [0.4, 0.5) is 4.79 Å². The van der Waals surface area contributed by atoms with Crippen LogP contribution in [0.15, 0.2) is 17.0 Å². The first kappa shape index (κ1) is 15.7. The van der Waals surface area contributed by atoms with E-state index in [1.165, 1.54) is 4.90 Å². The maximum Gasteiger partial charge on any atom is 0.293 e. The third kappa shape index (κ3) is 3.01. The maximum absolute atomic E-state index is 12.4. The normalized spacial score (nSPS) is 18.4. The Balaban J connectivity index is 1.93. The number of ether oxygens (including phenoxy) is 3. The van der Waals surface area contributed by atoms with Crippen molar-refractivity contribution in [2.45, 2.75) is 13.8 Å². The number of imide groups is 1. The van der Waals surface area contributed by atoms with E-state index in [9.17, 15) is 9.59 Å². The van der Waals surface area contributed by atoms with Gasteiger partial charge in [-0.1, -0.05) is 13.8 Å². The SMILES string of the molecule is COc1cc2c(cc1C=C1SC(=O)N(CC(C)C)C1=O)OCO2. The van der Waals surface area contributed by atoms with Crippen LogP contribution in [-0.2, 0) is 4.79 Å². The van der Waals surface area contributed by atoms with Crippen LogP contribution in [0.1, 0.15) is 19.4 Å². The van der Waals surface area contributed by atoms with E-state index in [1.54, 1.807) is 25.3 Å². The molecule has 23 heavy (non-hydrogen) atoms. The first-order chi connectivity index (χ1) is 11.0. The van der Waals surface area contributed by atoms with Crippen molar-refractivity contribution in [1.82, 2.24) is 4.90 Å². The molecule has 0 radical (unpaired) electrons. The average molecular weight is 335 g/mol. The van der Waals surface area contributed by atoms with Crippen molar-refractivity contribution < 1.29 is 23.8 Å². The van der Waals surface area contributed by atoms with Crippen molar-refractivity contribution in [3.8, 4) is 17.2 Å². The van der Waals surface area contributed by atoms with Crippen LogP contribution in [-0.4, -0.2) is 36.5 Å². The van der Waals surface area contributed by atoms with Crippen molar-refractivity contribution in [2.75, 3.05) is 20.4 Å². The minimum absolute atomic E-state index is 0.160. The largest absolute Gasteiger partial charge is 0.496 e. The summed E-state index contributed by atoms with van der Waals surface area (Å²) in [7, 11) is 1.54. The molecule has 7 heteroatoms. The number of rotatable bonds is 4. The molecule has 1 fully saturated rings. The molecular formula is C16H17NO5S. The smallest absolute Gasteiger partial charge is 0.293 e. The van der Waals surface area contributed by atoms with Crippen LogP contribution in [0, 0.1) is 5.92 Å². The Kier molecular flexibility index (Phi) is 4.21. The highest BCUT2D eigenvalue weighted by Gasteiger charge is 2.35. The molecule has 1 aromatic carbocycles. The third-order valence-electron chi connectivity index (χ3n) is 3.43. The van der Waals surface area contributed by atoms with Gasteiger partial charge >= 0.3 is 0 Å². The molecular weight excluding hydrogens is 318 g/mol. The van der Waals surface area contributed by atoms with Crippen LogP contribution in [0.2, 0.25) is 0 Å². The van der Waals surface area contributed by atoms with Crippen molar-refractivity contribution in [2.24, 2.45) is 5.92 Å². The number of hydrogen-bond acceptors (Lipinski definition) is 6. The summed E-state index contributed by atoms with van der Waals surface area (Å²) in [5, 5.41) is -0.241. The zero-order valence-electron chi connectivity index (χ0n) is 13.1. The quantitative estimate of drug-likeness (QED) is 0.788. The Bertz CT molecular complexity index is 698. The van der Waals surface area contributed by atoms with Crippen molar-refractivity contribution in [3.05, 3.63) is 22.6 Å². The molecule has 2 aliphatic rings. The third-order valence-corrected chi connectivity index (χ3v) is 4.34. The van der Waals surface area contributed by atoms with Crippen molar-refractivity contribution >= 4 is 29.0 Å². The summed E-state index contributed by atoms with van der Waals surface area (Å²) in [6, 6.07) is 3.46. The topological polar surface area (TPSA) is 65.1 Å². The number of benzene rings is 1. The summed E-state index contributed by atoms with van der Waals surface area (Å²) < 4.78 is 16.0. The zero-order valence-corrected chi connectivity index (χ0v) is 13.9. The minimum atomic E-state index is -0.270. The molecule has 122 valence electrons. The molecule has 0 atom stereocenters. The summed E-state index contributed by atoms with van der Waals surface area (Å²) >= 11 is 0.942. The predicted octanol–water partition coefficient (Wildman–Crippen LogP) is 3.12. The van der Waals surface area contributed by atoms with Gasteiger partial charge in [-0.3, -0.25) is 14.5 Å². The number of thioether (sulfide) groups is 1. The van der Waals surface area contributed by atoms with E-state index in [1.807, 2.05) is 13.8 Å².